The Bertz CT molecular complexity index is 861. The summed E-state index contributed by atoms with van der Waals surface area (Å²) in [6, 6.07) is 14.1. The van der Waals surface area contributed by atoms with Gasteiger partial charge in [0.2, 0.25) is 0 Å². The van der Waals surface area contributed by atoms with Crippen LogP contribution in [0.1, 0.15) is 13.3 Å². The molecular formula is C23H28FN3O3. The molecule has 2 aromatic rings. The molecule has 2 aliphatic rings. The van der Waals surface area contributed by atoms with Crippen LogP contribution in [0.4, 0.5) is 14.9 Å². The molecule has 4 rings (SSSR count). The van der Waals surface area contributed by atoms with Crippen LogP contribution >= 0.6 is 0 Å². The Labute approximate surface area is 176 Å². The first-order chi connectivity index (χ1) is 14.6. The predicted octanol–water partition coefficient (Wildman–Crippen LogP) is 3.52. The maximum Gasteiger partial charge on any atom is 0.317 e. The number of nitrogens with zero attached hydrogens (tertiary/aromatic N) is 2. The minimum atomic E-state index is -0.225. The van der Waals surface area contributed by atoms with Gasteiger partial charge in [-0.1, -0.05) is 12.1 Å². The highest BCUT2D eigenvalue weighted by molar-refractivity contribution is 5.74. The van der Waals surface area contributed by atoms with E-state index < -0.39 is 0 Å². The van der Waals surface area contributed by atoms with Crippen molar-refractivity contribution in [2.75, 3.05) is 44.2 Å². The molecule has 1 saturated heterocycles. The molecule has 2 unspecified atom stereocenters. The van der Waals surface area contributed by atoms with Crippen molar-refractivity contribution < 1.29 is 18.7 Å². The van der Waals surface area contributed by atoms with E-state index in [1.807, 2.05) is 31.2 Å². The summed E-state index contributed by atoms with van der Waals surface area (Å²) in [6.07, 6.45) is 0.811. The summed E-state index contributed by atoms with van der Waals surface area (Å²) in [5.41, 5.74) is 1.02. The second-order valence-electron chi connectivity index (χ2n) is 7.80. The van der Waals surface area contributed by atoms with Gasteiger partial charge in [-0.3, -0.25) is 0 Å². The quantitative estimate of drug-likeness (QED) is 0.787. The average molecular weight is 413 g/mol. The number of fused-ring (bicyclic) bond motifs is 1. The number of carbonyl (C=O) groups excluding carboxylic acids is 1. The van der Waals surface area contributed by atoms with E-state index in [0.717, 1.165) is 36.7 Å². The van der Waals surface area contributed by atoms with Gasteiger partial charge in [-0.15, -0.1) is 0 Å². The third-order valence-corrected chi connectivity index (χ3v) is 5.68. The Morgan fingerprint density at radius 3 is 2.73 bits per heavy atom. The second kappa shape index (κ2) is 9.24. The first-order valence-corrected chi connectivity index (χ1v) is 10.5. The summed E-state index contributed by atoms with van der Waals surface area (Å²) < 4.78 is 24.9. The van der Waals surface area contributed by atoms with Gasteiger partial charge in [-0.05, 0) is 55.7 Å². The van der Waals surface area contributed by atoms with E-state index in [1.54, 1.807) is 17.0 Å². The van der Waals surface area contributed by atoms with Gasteiger partial charge < -0.3 is 24.6 Å². The topological polar surface area (TPSA) is 54.0 Å². The third-order valence-electron chi connectivity index (χ3n) is 5.68. The average Bonchev–Trinajstić information content (AvgIpc) is 3.25. The molecule has 0 radical (unpaired) electrons. The van der Waals surface area contributed by atoms with Gasteiger partial charge in [0.15, 0.2) is 17.6 Å². The van der Waals surface area contributed by atoms with Crippen LogP contribution in [0.25, 0.3) is 0 Å². The van der Waals surface area contributed by atoms with Crippen molar-refractivity contribution in [3.63, 3.8) is 0 Å². The van der Waals surface area contributed by atoms with Crippen LogP contribution in [0.15, 0.2) is 48.5 Å². The number of hydrogen-bond acceptors (Lipinski definition) is 4. The van der Waals surface area contributed by atoms with Gasteiger partial charge in [0.05, 0.1) is 6.54 Å². The molecular weight excluding hydrogens is 385 g/mol. The van der Waals surface area contributed by atoms with Crippen LogP contribution in [0, 0.1) is 11.7 Å². The lowest BCUT2D eigenvalue weighted by atomic mass is 10.1. The van der Waals surface area contributed by atoms with E-state index in [4.69, 9.17) is 9.47 Å². The van der Waals surface area contributed by atoms with Crippen LogP contribution in [0.5, 0.6) is 11.5 Å². The molecule has 2 amide bonds. The Morgan fingerprint density at radius 1 is 1.20 bits per heavy atom. The van der Waals surface area contributed by atoms with Crippen molar-refractivity contribution in [3.8, 4) is 11.5 Å². The van der Waals surface area contributed by atoms with Crippen molar-refractivity contribution >= 4 is 11.7 Å². The van der Waals surface area contributed by atoms with Gasteiger partial charge >= 0.3 is 6.03 Å². The van der Waals surface area contributed by atoms with Gasteiger partial charge in [-0.25, -0.2) is 9.18 Å². The van der Waals surface area contributed by atoms with Crippen LogP contribution in [-0.4, -0.2) is 56.4 Å². The molecule has 2 aromatic carbocycles. The second-order valence-corrected chi connectivity index (χ2v) is 7.80. The van der Waals surface area contributed by atoms with Crippen molar-refractivity contribution in [2.24, 2.45) is 5.92 Å². The number of benzene rings is 2. The number of ether oxygens (including phenoxy) is 2. The molecule has 0 bridgehead atoms. The number of anilines is 1. The number of urea groups is 1. The number of amides is 2. The molecule has 7 heteroatoms. The van der Waals surface area contributed by atoms with Crippen molar-refractivity contribution in [1.82, 2.24) is 10.2 Å². The molecule has 0 saturated carbocycles. The molecule has 2 heterocycles. The van der Waals surface area contributed by atoms with Gasteiger partial charge in [-0.2, -0.15) is 0 Å². The molecule has 0 aliphatic carbocycles. The number of hydrogen-bond donors (Lipinski definition) is 1. The van der Waals surface area contributed by atoms with E-state index in [1.165, 1.54) is 12.1 Å². The highest BCUT2D eigenvalue weighted by Crippen LogP contribution is 2.31. The van der Waals surface area contributed by atoms with Gasteiger partial charge in [0.25, 0.3) is 0 Å². The fourth-order valence-corrected chi connectivity index (χ4v) is 3.98. The van der Waals surface area contributed by atoms with Crippen LogP contribution in [-0.2, 0) is 0 Å². The van der Waals surface area contributed by atoms with E-state index >= 15 is 0 Å². The highest BCUT2D eigenvalue weighted by Gasteiger charge is 2.27. The Morgan fingerprint density at radius 2 is 1.97 bits per heavy atom. The first kappa shape index (κ1) is 20.3. The summed E-state index contributed by atoms with van der Waals surface area (Å²) in [5, 5.41) is 3.07. The van der Waals surface area contributed by atoms with Crippen molar-refractivity contribution in [2.45, 2.75) is 19.4 Å². The number of carbonyl (C=O) groups is 1. The van der Waals surface area contributed by atoms with Gasteiger partial charge in [0.1, 0.15) is 12.4 Å². The predicted molar refractivity (Wildman–Crippen MR) is 114 cm³/mol. The van der Waals surface area contributed by atoms with Crippen LogP contribution in [0.3, 0.4) is 0 Å². The van der Waals surface area contributed by atoms with E-state index in [2.05, 4.69) is 10.2 Å². The SMILES string of the molecule is CCN(CC1COc2ccccc2O1)C(=O)NCC1CCN(c2ccc(F)cc2)C1. The number of nitrogens with one attached hydrogen (secondary N) is 1. The van der Waals surface area contributed by atoms with Crippen molar-refractivity contribution in [3.05, 3.63) is 54.3 Å². The molecule has 160 valence electrons. The minimum absolute atomic E-state index is 0.0832. The number of rotatable bonds is 6. The number of para-hydroxylation sites is 2. The number of halogens is 1. The summed E-state index contributed by atoms with van der Waals surface area (Å²) in [6.45, 7) is 5.85. The highest BCUT2D eigenvalue weighted by atomic mass is 19.1. The van der Waals surface area contributed by atoms with Crippen LogP contribution < -0.4 is 19.7 Å². The lowest BCUT2D eigenvalue weighted by Crippen LogP contribution is -2.48. The fraction of sp³-hybridized carbons (Fsp3) is 0.435. The van der Waals surface area contributed by atoms with E-state index in [0.29, 0.717) is 32.2 Å². The Balaban J connectivity index is 1.24. The molecule has 1 N–H and O–H groups in total. The zero-order chi connectivity index (χ0) is 20.9. The standard InChI is InChI=1S/C23H28FN3O3/c1-2-26(15-20-16-29-21-5-3-4-6-22(21)30-20)23(28)25-13-17-11-12-27(14-17)19-9-7-18(24)8-10-19/h3-10,17,20H,2,11-16H2,1H3,(H,25,28). The third kappa shape index (κ3) is 4.78. The molecule has 1 fully saturated rings. The fourth-order valence-electron chi connectivity index (χ4n) is 3.98. The van der Waals surface area contributed by atoms with Crippen LogP contribution in [0.2, 0.25) is 0 Å². The molecule has 6 nitrogen and oxygen atoms in total. The lowest BCUT2D eigenvalue weighted by Gasteiger charge is -2.31. The molecule has 2 atom stereocenters. The van der Waals surface area contributed by atoms with Crippen molar-refractivity contribution in [1.29, 1.82) is 0 Å². The largest absolute Gasteiger partial charge is 0.486 e. The molecule has 0 spiro atoms. The number of likely N-dealkylation sites (N-methyl/N-ethyl adjacent to an activating group) is 1. The van der Waals surface area contributed by atoms with E-state index in [-0.39, 0.29) is 18.0 Å². The molecule has 0 aromatic heterocycles. The maximum absolute atomic E-state index is 13.1. The summed E-state index contributed by atoms with van der Waals surface area (Å²) in [5.74, 6) is 1.61. The summed E-state index contributed by atoms with van der Waals surface area (Å²) in [7, 11) is 0. The lowest BCUT2D eigenvalue weighted by molar-refractivity contribution is 0.0674. The smallest absolute Gasteiger partial charge is 0.317 e. The van der Waals surface area contributed by atoms with E-state index in [9.17, 15) is 9.18 Å². The zero-order valence-corrected chi connectivity index (χ0v) is 17.2. The zero-order valence-electron chi connectivity index (χ0n) is 17.2. The monoisotopic (exact) mass is 413 g/mol. The maximum atomic E-state index is 13.1. The molecule has 2 aliphatic heterocycles. The molecule has 30 heavy (non-hydrogen) atoms. The Hall–Kier alpha value is -2.96. The Kier molecular flexibility index (Phi) is 6.26. The minimum Gasteiger partial charge on any atom is -0.486 e. The van der Waals surface area contributed by atoms with Gasteiger partial charge in [0, 0.05) is 31.9 Å². The summed E-state index contributed by atoms with van der Waals surface area (Å²) in [4.78, 5) is 16.7. The summed E-state index contributed by atoms with van der Waals surface area (Å²) >= 11 is 0. The first-order valence-electron chi connectivity index (χ1n) is 10.5. The normalized spacial score (nSPS) is 20.1.